The number of carbonyl (C=O) groups excluding carboxylic acids is 1. The van der Waals surface area contributed by atoms with Gasteiger partial charge in [0.2, 0.25) is 0 Å². The standard InChI is InChI=1S/C25H29N3O4S/c1-7-12-28-24(18(4)32-20-10-8-19(30-5)9-11-20)26-27-25(28)33-15-22(29)21-13-17(3)23(31-6)14-16(21)2/h7-11,13-14,18H,1,12,15H2,2-6H3. The lowest BCUT2D eigenvalue weighted by Crippen LogP contribution is -2.13. The molecular formula is C25H29N3O4S. The lowest BCUT2D eigenvalue weighted by atomic mass is 10.0. The van der Waals surface area contributed by atoms with Crippen LogP contribution in [0.1, 0.15) is 40.3 Å². The van der Waals surface area contributed by atoms with Crippen LogP contribution in [0.25, 0.3) is 0 Å². The lowest BCUT2D eigenvalue weighted by Gasteiger charge is -2.16. The molecule has 0 fully saturated rings. The highest BCUT2D eigenvalue weighted by Gasteiger charge is 2.21. The summed E-state index contributed by atoms with van der Waals surface area (Å²) in [5.74, 6) is 3.17. The number of allylic oxidation sites excluding steroid dienone is 1. The summed E-state index contributed by atoms with van der Waals surface area (Å²) in [4.78, 5) is 12.9. The van der Waals surface area contributed by atoms with Crippen LogP contribution in [-0.2, 0) is 6.54 Å². The van der Waals surface area contributed by atoms with E-state index in [1.165, 1.54) is 11.8 Å². The Morgan fingerprint density at radius 2 is 1.79 bits per heavy atom. The fourth-order valence-electron chi connectivity index (χ4n) is 3.44. The molecule has 0 N–H and O–H groups in total. The third-order valence-electron chi connectivity index (χ3n) is 5.17. The van der Waals surface area contributed by atoms with E-state index in [4.69, 9.17) is 14.2 Å². The number of benzene rings is 2. The van der Waals surface area contributed by atoms with E-state index in [2.05, 4.69) is 16.8 Å². The summed E-state index contributed by atoms with van der Waals surface area (Å²) in [7, 11) is 3.25. The third-order valence-corrected chi connectivity index (χ3v) is 6.13. The highest BCUT2D eigenvalue weighted by atomic mass is 32.2. The van der Waals surface area contributed by atoms with Crippen LogP contribution in [-0.4, -0.2) is 40.5 Å². The fourth-order valence-corrected chi connectivity index (χ4v) is 4.28. The van der Waals surface area contributed by atoms with Crippen molar-refractivity contribution in [3.63, 3.8) is 0 Å². The van der Waals surface area contributed by atoms with E-state index in [0.29, 0.717) is 28.8 Å². The smallest absolute Gasteiger partial charge is 0.192 e. The molecule has 0 aliphatic rings. The van der Waals surface area contributed by atoms with Gasteiger partial charge >= 0.3 is 0 Å². The number of ether oxygens (including phenoxy) is 3. The number of hydrogen-bond acceptors (Lipinski definition) is 7. The molecule has 0 spiro atoms. The minimum atomic E-state index is -0.345. The van der Waals surface area contributed by atoms with Gasteiger partial charge in [-0.1, -0.05) is 17.8 Å². The molecule has 3 rings (SSSR count). The molecule has 2 aromatic carbocycles. The van der Waals surface area contributed by atoms with Crippen LogP contribution in [0.15, 0.2) is 54.2 Å². The Morgan fingerprint density at radius 1 is 1.09 bits per heavy atom. The van der Waals surface area contributed by atoms with Crippen molar-refractivity contribution in [2.75, 3.05) is 20.0 Å². The second-order valence-corrected chi connectivity index (χ2v) is 8.47. The molecule has 1 heterocycles. The van der Waals surface area contributed by atoms with E-state index in [9.17, 15) is 4.79 Å². The number of aryl methyl sites for hydroxylation is 2. The van der Waals surface area contributed by atoms with Gasteiger partial charge in [0.25, 0.3) is 0 Å². The number of Topliss-reactive ketones (excluding diaryl/α,β-unsaturated/α-hetero) is 1. The van der Waals surface area contributed by atoms with Crippen LogP contribution >= 0.6 is 11.8 Å². The van der Waals surface area contributed by atoms with E-state index in [1.54, 1.807) is 20.3 Å². The number of thioether (sulfide) groups is 1. The summed E-state index contributed by atoms with van der Waals surface area (Å²) in [6, 6.07) is 11.1. The summed E-state index contributed by atoms with van der Waals surface area (Å²) >= 11 is 1.35. The first-order chi connectivity index (χ1) is 15.9. The third kappa shape index (κ3) is 5.76. The van der Waals surface area contributed by atoms with E-state index in [1.807, 2.05) is 61.7 Å². The normalized spacial score (nSPS) is 11.7. The van der Waals surface area contributed by atoms with Gasteiger partial charge in [0.15, 0.2) is 22.9 Å². The van der Waals surface area contributed by atoms with Gasteiger partial charge in [-0.2, -0.15) is 0 Å². The summed E-state index contributed by atoms with van der Waals surface area (Å²) in [5, 5.41) is 9.29. The van der Waals surface area contributed by atoms with Crippen molar-refractivity contribution in [1.82, 2.24) is 14.8 Å². The molecule has 0 aliphatic carbocycles. The Morgan fingerprint density at radius 3 is 2.42 bits per heavy atom. The van der Waals surface area contributed by atoms with E-state index in [0.717, 1.165) is 22.6 Å². The van der Waals surface area contributed by atoms with Gasteiger partial charge in [-0.3, -0.25) is 9.36 Å². The monoisotopic (exact) mass is 467 g/mol. The van der Waals surface area contributed by atoms with E-state index < -0.39 is 0 Å². The van der Waals surface area contributed by atoms with Crippen molar-refractivity contribution >= 4 is 17.5 Å². The van der Waals surface area contributed by atoms with E-state index >= 15 is 0 Å². The van der Waals surface area contributed by atoms with Crippen molar-refractivity contribution < 1.29 is 19.0 Å². The maximum absolute atomic E-state index is 12.9. The number of rotatable bonds is 11. The molecule has 1 unspecified atom stereocenters. The highest BCUT2D eigenvalue weighted by Crippen LogP contribution is 2.28. The number of nitrogens with zero attached hydrogens (tertiary/aromatic N) is 3. The molecule has 0 radical (unpaired) electrons. The Balaban J connectivity index is 1.74. The Kier molecular flexibility index (Phi) is 8.16. The zero-order valence-corrected chi connectivity index (χ0v) is 20.4. The predicted molar refractivity (Wildman–Crippen MR) is 130 cm³/mol. The molecule has 174 valence electrons. The molecule has 3 aromatic rings. The maximum atomic E-state index is 12.9. The van der Waals surface area contributed by atoms with Gasteiger partial charge in [-0.05, 0) is 68.3 Å². The molecule has 0 saturated carbocycles. The van der Waals surface area contributed by atoms with Crippen LogP contribution in [0, 0.1) is 13.8 Å². The Hall–Kier alpha value is -3.26. The molecule has 7 nitrogen and oxygen atoms in total. The van der Waals surface area contributed by atoms with Gasteiger partial charge < -0.3 is 14.2 Å². The number of ketones is 1. The van der Waals surface area contributed by atoms with Gasteiger partial charge in [0.05, 0.1) is 20.0 Å². The van der Waals surface area contributed by atoms with Gasteiger partial charge in [0.1, 0.15) is 17.2 Å². The van der Waals surface area contributed by atoms with Crippen LogP contribution in [0.2, 0.25) is 0 Å². The zero-order chi connectivity index (χ0) is 24.0. The first kappa shape index (κ1) is 24.4. The number of methoxy groups -OCH3 is 2. The zero-order valence-electron chi connectivity index (χ0n) is 19.6. The van der Waals surface area contributed by atoms with Gasteiger partial charge in [0, 0.05) is 12.1 Å². The summed E-state index contributed by atoms with van der Waals surface area (Å²) in [6.07, 6.45) is 1.43. The molecule has 8 heteroatoms. The van der Waals surface area contributed by atoms with Crippen molar-refractivity contribution in [2.24, 2.45) is 0 Å². The lowest BCUT2D eigenvalue weighted by molar-refractivity contribution is 0.102. The first-order valence-corrected chi connectivity index (χ1v) is 11.5. The van der Waals surface area contributed by atoms with Crippen LogP contribution in [0.3, 0.4) is 0 Å². The molecule has 1 aromatic heterocycles. The first-order valence-electron chi connectivity index (χ1n) is 10.5. The second-order valence-electron chi connectivity index (χ2n) is 7.52. The van der Waals surface area contributed by atoms with Gasteiger partial charge in [-0.25, -0.2) is 0 Å². The summed E-state index contributed by atoms with van der Waals surface area (Å²) in [6.45, 7) is 10.1. The van der Waals surface area contributed by atoms with Crippen LogP contribution < -0.4 is 14.2 Å². The predicted octanol–water partition coefficient (Wildman–Crippen LogP) is 5.21. The topological polar surface area (TPSA) is 75.5 Å². The molecular weight excluding hydrogens is 438 g/mol. The molecule has 33 heavy (non-hydrogen) atoms. The number of aromatic nitrogens is 3. The molecule has 1 atom stereocenters. The minimum Gasteiger partial charge on any atom is -0.497 e. The Bertz CT molecular complexity index is 1130. The van der Waals surface area contributed by atoms with Crippen molar-refractivity contribution in [1.29, 1.82) is 0 Å². The summed E-state index contributed by atoms with van der Waals surface area (Å²) < 4.78 is 18.5. The van der Waals surface area contributed by atoms with Crippen LogP contribution in [0.4, 0.5) is 0 Å². The van der Waals surface area contributed by atoms with Crippen LogP contribution in [0.5, 0.6) is 17.2 Å². The Labute approximate surface area is 198 Å². The summed E-state index contributed by atoms with van der Waals surface area (Å²) in [5.41, 5.74) is 2.50. The van der Waals surface area contributed by atoms with E-state index in [-0.39, 0.29) is 17.6 Å². The van der Waals surface area contributed by atoms with Crippen molar-refractivity contribution in [2.45, 2.75) is 38.6 Å². The van der Waals surface area contributed by atoms with Crippen molar-refractivity contribution in [3.8, 4) is 17.2 Å². The van der Waals surface area contributed by atoms with Gasteiger partial charge in [-0.15, -0.1) is 16.8 Å². The minimum absolute atomic E-state index is 0.0282. The second kappa shape index (κ2) is 11.0. The van der Waals surface area contributed by atoms with Crippen molar-refractivity contribution in [3.05, 3.63) is 71.6 Å². The maximum Gasteiger partial charge on any atom is 0.192 e. The number of hydrogen-bond donors (Lipinski definition) is 0. The molecule has 0 bridgehead atoms. The average Bonchev–Trinajstić information content (AvgIpc) is 3.22. The highest BCUT2D eigenvalue weighted by molar-refractivity contribution is 7.99. The average molecular weight is 468 g/mol. The molecule has 0 aliphatic heterocycles. The SMILES string of the molecule is C=CCn1c(SCC(=O)c2cc(C)c(OC)cc2C)nnc1C(C)Oc1ccc(OC)cc1. The molecule has 0 amide bonds. The fraction of sp³-hybridized carbons (Fsp3) is 0.320. The number of carbonyl (C=O) groups is 1. The quantitative estimate of drug-likeness (QED) is 0.218. The largest absolute Gasteiger partial charge is 0.497 e. The molecule has 0 saturated heterocycles.